The molecule has 29 heavy (non-hydrogen) atoms. The molecule has 0 spiro atoms. The second-order valence-electron chi connectivity index (χ2n) is 8.37. The molecule has 0 bridgehead atoms. The van der Waals surface area contributed by atoms with Crippen molar-refractivity contribution in [3.63, 3.8) is 0 Å². The lowest BCUT2D eigenvalue weighted by Gasteiger charge is -2.32. The van der Waals surface area contributed by atoms with E-state index in [0.29, 0.717) is 18.8 Å². The average Bonchev–Trinajstić information content (AvgIpc) is 2.65. The standard InChI is InChI=1S/C23H29N3O3/c1-16-7-9-17(10-8-16)15-24-21(27)25-19-11-12-20-18(14-19)6-5-13-26(20)22(28)29-23(2,3)4/h7-12,14H,5-6,13,15H2,1-4H3,(H2,24,25,27). The molecule has 3 amide bonds. The number of hydrogen-bond donors (Lipinski definition) is 2. The number of ether oxygens (including phenoxy) is 1. The summed E-state index contributed by atoms with van der Waals surface area (Å²) in [4.78, 5) is 26.4. The molecule has 1 heterocycles. The molecule has 0 aliphatic carbocycles. The maximum Gasteiger partial charge on any atom is 0.414 e. The number of nitrogens with one attached hydrogen (secondary N) is 2. The molecule has 0 radical (unpaired) electrons. The Morgan fingerprint density at radius 1 is 1.10 bits per heavy atom. The Labute approximate surface area is 172 Å². The van der Waals surface area contributed by atoms with E-state index in [9.17, 15) is 9.59 Å². The summed E-state index contributed by atoms with van der Waals surface area (Å²) in [7, 11) is 0. The van der Waals surface area contributed by atoms with Crippen molar-refractivity contribution in [3.05, 3.63) is 59.2 Å². The number of hydrogen-bond acceptors (Lipinski definition) is 3. The fourth-order valence-electron chi connectivity index (χ4n) is 3.25. The first-order valence-corrected chi connectivity index (χ1v) is 9.95. The van der Waals surface area contributed by atoms with Gasteiger partial charge in [-0.2, -0.15) is 0 Å². The zero-order valence-electron chi connectivity index (χ0n) is 17.5. The van der Waals surface area contributed by atoms with Gasteiger partial charge in [0.1, 0.15) is 5.60 Å². The van der Waals surface area contributed by atoms with Crippen LogP contribution < -0.4 is 15.5 Å². The van der Waals surface area contributed by atoms with Crippen LogP contribution >= 0.6 is 0 Å². The number of anilines is 2. The van der Waals surface area contributed by atoms with Crippen LogP contribution in [0.4, 0.5) is 21.0 Å². The van der Waals surface area contributed by atoms with Crippen molar-refractivity contribution in [2.24, 2.45) is 0 Å². The molecular weight excluding hydrogens is 366 g/mol. The molecule has 6 heteroatoms. The zero-order valence-corrected chi connectivity index (χ0v) is 17.5. The molecule has 0 saturated heterocycles. The molecule has 0 fully saturated rings. The number of carbonyl (C=O) groups is 2. The van der Waals surface area contributed by atoms with Gasteiger partial charge >= 0.3 is 12.1 Å². The number of benzene rings is 2. The van der Waals surface area contributed by atoms with Crippen LogP contribution in [-0.2, 0) is 17.7 Å². The van der Waals surface area contributed by atoms with Crippen molar-refractivity contribution in [3.8, 4) is 0 Å². The lowest BCUT2D eigenvalue weighted by Crippen LogP contribution is -2.39. The third kappa shape index (κ3) is 5.73. The maximum absolute atomic E-state index is 12.5. The largest absolute Gasteiger partial charge is 0.443 e. The van der Waals surface area contributed by atoms with E-state index in [2.05, 4.69) is 10.6 Å². The molecule has 1 aliphatic heterocycles. The van der Waals surface area contributed by atoms with Gasteiger partial charge in [0.15, 0.2) is 0 Å². The van der Waals surface area contributed by atoms with Crippen LogP contribution in [0.5, 0.6) is 0 Å². The fraction of sp³-hybridized carbons (Fsp3) is 0.391. The fourth-order valence-corrected chi connectivity index (χ4v) is 3.25. The van der Waals surface area contributed by atoms with E-state index in [1.54, 1.807) is 4.90 Å². The monoisotopic (exact) mass is 395 g/mol. The molecule has 1 aliphatic rings. The summed E-state index contributed by atoms with van der Waals surface area (Å²) in [5.41, 5.74) is 4.27. The van der Waals surface area contributed by atoms with Crippen LogP contribution in [0, 0.1) is 6.92 Å². The minimum Gasteiger partial charge on any atom is -0.443 e. The van der Waals surface area contributed by atoms with Gasteiger partial charge in [-0.3, -0.25) is 4.90 Å². The smallest absolute Gasteiger partial charge is 0.414 e. The highest BCUT2D eigenvalue weighted by molar-refractivity contribution is 5.92. The average molecular weight is 396 g/mol. The van der Waals surface area contributed by atoms with Gasteiger partial charge in [0.05, 0.1) is 5.69 Å². The van der Waals surface area contributed by atoms with E-state index in [4.69, 9.17) is 4.74 Å². The van der Waals surface area contributed by atoms with Gasteiger partial charge in [-0.05, 0) is 69.9 Å². The van der Waals surface area contributed by atoms with E-state index in [0.717, 1.165) is 29.7 Å². The topological polar surface area (TPSA) is 70.7 Å². The predicted molar refractivity (Wildman–Crippen MR) is 115 cm³/mol. The Bertz CT molecular complexity index is 885. The highest BCUT2D eigenvalue weighted by Gasteiger charge is 2.27. The first kappa shape index (κ1) is 20.7. The van der Waals surface area contributed by atoms with Crippen LogP contribution in [-0.4, -0.2) is 24.3 Å². The Morgan fingerprint density at radius 2 is 1.83 bits per heavy atom. The second kappa shape index (κ2) is 8.55. The van der Waals surface area contributed by atoms with Crippen molar-refractivity contribution in [2.45, 2.75) is 52.7 Å². The minimum atomic E-state index is -0.536. The SMILES string of the molecule is Cc1ccc(CNC(=O)Nc2ccc3c(c2)CCCN3C(=O)OC(C)(C)C)cc1. The summed E-state index contributed by atoms with van der Waals surface area (Å²) in [5, 5.41) is 5.74. The summed E-state index contributed by atoms with van der Waals surface area (Å²) in [5.74, 6) is 0. The van der Waals surface area contributed by atoms with E-state index in [1.807, 2.05) is 70.2 Å². The first-order valence-electron chi connectivity index (χ1n) is 9.95. The third-order valence-corrected chi connectivity index (χ3v) is 4.64. The molecule has 6 nitrogen and oxygen atoms in total. The zero-order chi connectivity index (χ0) is 21.0. The molecule has 0 saturated carbocycles. The van der Waals surface area contributed by atoms with Crippen molar-refractivity contribution in [1.29, 1.82) is 0 Å². The van der Waals surface area contributed by atoms with Gasteiger partial charge in [0.2, 0.25) is 0 Å². The summed E-state index contributed by atoms with van der Waals surface area (Å²) in [6, 6.07) is 13.4. The van der Waals surface area contributed by atoms with Crippen molar-refractivity contribution >= 4 is 23.5 Å². The van der Waals surface area contributed by atoms with Crippen molar-refractivity contribution in [2.75, 3.05) is 16.8 Å². The Hall–Kier alpha value is -3.02. The van der Waals surface area contributed by atoms with Crippen LogP contribution in [0.25, 0.3) is 0 Å². The minimum absolute atomic E-state index is 0.259. The van der Waals surface area contributed by atoms with Crippen LogP contribution in [0.3, 0.4) is 0 Å². The van der Waals surface area contributed by atoms with Gasteiger partial charge < -0.3 is 15.4 Å². The van der Waals surface area contributed by atoms with E-state index < -0.39 is 5.60 Å². The molecule has 154 valence electrons. The number of carbonyl (C=O) groups excluding carboxylic acids is 2. The lowest BCUT2D eigenvalue weighted by molar-refractivity contribution is 0.0578. The van der Waals surface area contributed by atoms with Crippen LogP contribution in [0.15, 0.2) is 42.5 Å². The third-order valence-electron chi connectivity index (χ3n) is 4.64. The Kier molecular flexibility index (Phi) is 6.11. The number of nitrogens with zero attached hydrogens (tertiary/aromatic N) is 1. The number of rotatable bonds is 3. The molecule has 2 N–H and O–H groups in total. The molecule has 0 unspecified atom stereocenters. The second-order valence-corrected chi connectivity index (χ2v) is 8.37. The summed E-state index contributed by atoms with van der Waals surface area (Å²) in [6.07, 6.45) is 1.37. The molecule has 0 atom stereocenters. The van der Waals surface area contributed by atoms with Gasteiger partial charge in [-0.1, -0.05) is 29.8 Å². The lowest BCUT2D eigenvalue weighted by atomic mass is 10.0. The first-order chi connectivity index (χ1) is 13.7. The van der Waals surface area contributed by atoms with E-state index >= 15 is 0 Å². The quantitative estimate of drug-likeness (QED) is 0.768. The molecule has 2 aromatic carbocycles. The molecule has 2 aromatic rings. The van der Waals surface area contributed by atoms with E-state index in [1.165, 1.54) is 5.56 Å². The number of fused-ring (bicyclic) bond motifs is 1. The van der Waals surface area contributed by atoms with Gasteiger partial charge in [-0.25, -0.2) is 9.59 Å². The van der Waals surface area contributed by atoms with Crippen molar-refractivity contribution in [1.82, 2.24) is 5.32 Å². The van der Waals surface area contributed by atoms with E-state index in [-0.39, 0.29) is 12.1 Å². The maximum atomic E-state index is 12.5. The summed E-state index contributed by atoms with van der Waals surface area (Å²) in [6.45, 7) is 8.70. The molecular formula is C23H29N3O3. The highest BCUT2D eigenvalue weighted by atomic mass is 16.6. The Balaban J connectivity index is 1.63. The number of amides is 3. The van der Waals surface area contributed by atoms with Crippen molar-refractivity contribution < 1.29 is 14.3 Å². The highest BCUT2D eigenvalue weighted by Crippen LogP contribution is 2.31. The Morgan fingerprint density at radius 3 is 2.52 bits per heavy atom. The molecule has 3 rings (SSSR count). The van der Waals surface area contributed by atoms with Gasteiger partial charge in [0, 0.05) is 18.8 Å². The number of aryl methyl sites for hydroxylation is 2. The van der Waals surface area contributed by atoms with Crippen LogP contribution in [0.1, 0.15) is 43.9 Å². The predicted octanol–water partition coefficient (Wildman–Crippen LogP) is 5.00. The normalized spacial score (nSPS) is 13.4. The summed E-state index contributed by atoms with van der Waals surface area (Å²) >= 11 is 0. The number of urea groups is 1. The molecule has 0 aromatic heterocycles. The van der Waals surface area contributed by atoms with Crippen LogP contribution in [0.2, 0.25) is 0 Å². The summed E-state index contributed by atoms with van der Waals surface area (Å²) < 4.78 is 5.52. The van der Waals surface area contributed by atoms with Gasteiger partial charge in [-0.15, -0.1) is 0 Å². The van der Waals surface area contributed by atoms with Gasteiger partial charge in [0.25, 0.3) is 0 Å².